The first-order valence-electron chi connectivity index (χ1n) is 6.47. The molecule has 0 saturated heterocycles. The van der Waals surface area contributed by atoms with Gasteiger partial charge in [0.15, 0.2) is 0 Å². The van der Waals surface area contributed by atoms with Crippen molar-refractivity contribution in [2.75, 3.05) is 20.3 Å². The van der Waals surface area contributed by atoms with Crippen molar-refractivity contribution in [3.63, 3.8) is 0 Å². The van der Waals surface area contributed by atoms with Crippen LogP contribution < -0.4 is 11.3 Å². The normalized spacial score (nSPS) is 14.6. The number of hydrogen-bond acceptors (Lipinski definition) is 5. The summed E-state index contributed by atoms with van der Waals surface area (Å²) in [5.74, 6) is 5.71. The molecule has 19 heavy (non-hydrogen) atoms. The van der Waals surface area contributed by atoms with Gasteiger partial charge >= 0.3 is 0 Å². The first-order chi connectivity index (χ1) is 9.19. The fraction of sp³-hybridized carbons (Fsp3) is 0.750. The van der Waals surface area contributed by atoms with Crippen molar-refractivity contribution in [1.82, 2.24) is 15.2 Å². The van der Waals surface area contributed by atoms with Crippen LogP contribution in [0.4, 0.5) is 0 Å². The summed E-state index contributed by atoms with van der Waals surface area (Å²) in [5.41, 5.74) is 3.83. The van der Waals surface area contributed by atoms with Gasteiger partial charge in [-0.2, -0.15) is 5.10 Å². The van der Waals surface area contributed by atoms with Crippen molar-refractivity contribution in [1.29, 1.82) is 0 Å². The van der Waals surface area contributed by atoms with Crippen LogP contribution in [0, 0.1) is 0 Å². The highest BCUT2D eigenvalue weighted by molar-refractivity contribution is 9.10. The Bertz CT molecular complexity index is 373. The van der Waals surface area contributed by atoms with Crippen LogP contribution in [0.1, 0.15) is 32.0 Å². The minimum Gasteiger partial charge on any atom is -0.383 e. The molecule has 0 aliphatic heterocycles. The van der Waals surface area contributed by atoms with Gasteiger partial charge in [0.2, 0.25) is 0 Å². The Morgan fingerprint density at radius 3 is 2.79 bits per heavy atom. The molecule has 1 rings (SSSR count). The molecule has 0 radical (unpaired) electrons. The summed E-state index contributed by atoms with van der Waals surface area (Å²) in [6, 6.07) is -0.112. The molecule has 1 aromatic heterocycles. The van der Waals surface area contributed by atoms with Crippen LogP contribution in [-0.4, -0.2) is 36.2 Å². The van der Waals surface area contributed by atoms with Gasteiger partial charge in [0.25, 0.3) is 0 Å². The van der Waals surface area contributed by atoms with Crippen LogP contribution in [0.15, 0.2) is 10.7 Å². The third-order valence-electron chi connectivity index (χ3n) is 2.97. The van der Waals surface area contributed by atoms with Crippen molar-refractivity contribution in [3.05, 3.63) is 16.4 Å². The maximum Gasteiger partial charge on any atom is 0.0901 e. The fourth-order valence-electron chi connectivity index (χ4n) is 2.06. The summed E-state index contributed by atoms with van der Waals surface area (Å²) in [5, 5.41) is 4.34. The number of rotatable bonds is 9. The molecule has 2 atom stereocenters. The van der Waals surface area contributed by atoms with Crippen LogP contribution in [0.3, 0.4) is 0 Å². The Kier molecular flexibility index (Phi) is 7.55. The minimum absolute atomic E-state index is 0.00398. The summed E-state index contributed by atoms with van der Waals surface area (Å²) in [6.45, 7) is 5.99. The maximum atomic E-state index is 5.75. The topological polar surface area (TPSA) is 74.3 Å². The van der Waals surface area contributed by atoms with E-state index in [9.17, 15) is 0 Å². The van der Waals surface area contributed by atoms with Gasteiger partial charge in [0, 0.05) is 13.7 Å². The Hall–Kier alpha value is -0.470. The van der Waals surface area contributed by atoms with E-state index in [1.165, 1.54) is 0 Å². The van der Waals surface area contributed by atoms with Gasteiger partial charge in [0.05, 0.1) is 41.7 Å². The van der Waals surface area contributed by atoms with Crippen LogP contribution in [-0.2, 0) is 16.0 Å². The van der Waals surface area contributed by atoms with Gasteiger partial charge in [-0.25, -0.2) is 5.43 Å². The summed E-state index contributed by atoms with van der Waals surface area (Å²) in [4.78, 5) is 0. The van der Waals surface area contributed by atoms with E-state index in [0.717, 1.165) is 16.6 Å². The molecule has 0 saturated carbocycles. The predicted octanol–water partition coefficient (Wildman–Crippen LogP) is 1.61. The van der Waals surface area contributed by atoms with Crippen molar-refractivity contribution in [3.8, 4) is 0 Å². The molecule has 0 amide bonds. The van der Waals surface area contributed by atoms with E-state index >= 15 is 0 Å². The molecule has 0 spiro atoms. The molecule has 6 nitrogen and oxygen atoms in total. The molecule has 3 N–H and O–H groups in total. The van der Waals surface area contributed by atoms with Crippen molar-refractivity contribution < 1.29 is 9.47 Å². The van der Waals surface area contributed by atoms with E-state index in [0.29, 0.717) is 19.8 Å². The zero-order chi connectivity index (χ0) is 14.3. The van der Waals surface area contributed by atoms with Gasteiger partial charge in [-0.15, -0.1) is 0 Å². The second kappa shape index (κ2) is 8.65. The van der Waals surface area contributed by atoms with E-state index in [4.69, 9.17) is 15.3 Å². The number of hydrazine groups is 1. The summed E-state index contributed by atoms with van der Waals surface area (Å²) in [7, 11) is 1.67. The van der Waals surface area contributed by atoms with Crippen LogP contribution in [0.2, 0.25) is 0 Å². The first kappa shape index (κ1) is 16.6. The highest BCUT2D eigenvalue weighted by Crippen LogP contribution is 2.27. The van der Waals surface area contributed by atoms with Crippen LogP contribution in [0.25, 0.3) is 0 Å². The van der Waals surface area contributed by atoms with Crippen molar-refractivity contribution in [2.45, 2.75) is 39.0 Å². The summed E-state index contributed by atoms with van der Waals surface area (Å²) >= 11 is 3.52. The molecule has 0 fully saturated rings. The first-order valence-corrected chi connectivity index (χ1v) is 7.26. The quantitative estimate of drug-likeness (QED) is 0.530. The molecule has 0 aliphatic carbocycles. The zero-order valence-corrected chi connectivity index (χ0v) is 13.3. The zero-order valence-electron chi connectivity index (χ0n) is 11.7. The lowest BCUT2D eigenvalue weighted by atomic mass is 10.1. The second-order valence-electron chi connectivity index (χ2n) is 4.14. The number of halogens is 1. The Morgan fingerprint density at radius 1 is 1.53 bits per heavy atom. The van der Waals surface area contributed by atoms with Crippen LogP contribution >= 0.6 is 15.9 Å². The number of aromatic nitrogens is 2. The van der Waals surface area contributed by atoms with Gasteiger partial charge in [-0.05, 0) is 29.3 Å². The van der Waals surface area contributed by atoms with Crippen LogP contribution in [0.5, 0.6) is 0 Å². The summed E-state index contributed by atoms with van der Waals surface area (Å²) in [6.07, 6.45) is 2.64. The number of nitrogens with one attached hydrogen (secondary N) is 1. The maximum absolute atomic E-state index is 5.75. The van der Waals surface area contributed by atoms with E-state index < -0.39 is 0 Å². The number of nitrogens with zero attached hydrogens (tertiary/aromatic N) is 2. The number of hydrogen-bond donors (Lipinski definition) is 2. The highest BCUT2D eigenvalue weighted by Gasteiger charge is 2.26. The lowest BCUT2D eigenvalue weighted by Crippen LogP contribution is -2.39. The lowest BCUT2D eigenvalue weighted by Gasteiger charge is -2.26. The van der Waals surface area contributed by atoms with E-state index in [-0.39, 0.29) is 12.1 Å². The lowest BCUT2D eigenvalue weighted by molar-refractivity contribution is 0.0285. The number of ether oxygens (including phenoxy) is 2. The monoisotopic (exact) mass is 334 g/mol. The molecular weight excluding hydrogens is 312 g/mol. The molecule has 0 aliphatic rings. The van der Waals surface area contributed by atoms with Gasteiger partial charge in [-0.3, -0.25) is 10.5 Å². The molecule has 110 valence electrons. The highest BCUT2D eigenvalue weighted by atomic mass is 79.9. The summed E-state index contributed by atoms with van der Waals surface area (Å²) < 4.78 is 13.7. The van der Waals surface area contributed by atoms with Gasteiger partial charge in [0.1, 0.15) is 0 Å². The third kappa shape index (κ3) is 4.25. The van der Waals surface area contributed by atoms with E-state index in [2.05, 4.69) is 33.4 Å². The van der Waals surface area contributed by atoms with Crippen molar-refractivity contribution in [2.24, 2.45) is 5.84 Å². The molecule has 2 unspecified atom stereocenters. The average molecular weight is 335 g/mol. The SMILES string of the molecule is CCOC(CC)C(NN)c1c(Br)cnn1CCOC. The molecule has 7 heteroatoms. The average Bonchev–Trinajstić information content (AvgIpc) is 2.78. The Labute approximate surface area is 122 Å². The van der Waals surface area contributed by atoms with Gasteiger partial charge < -0.3 is 9.47 Å². The second-order valence-corrected chi connectivity index (χ2v) is 4.99. The number of nitrogens with two attached hydrogens (primary N) is 1. The molecule has 1 heterocycles. The van der Waals surface area contributed by atoms with E-state index in [1.54, 1.807) is 13.3 Å². The molecular formula is C12H23BrN4O2. The van der Waals surface area contributed by atoms with E-state index in [1.807, 2.05) is 11.6 Å². The third-order valence-corrected chi connectivity index (χ3v) is 3.58. The molecule has 1 aromatic rings. The Balaban J connectivity index is 2.98. The smallest absolute Gasteiger partial charge is 0.0901 e. The standard InChI is InChI=1S/C12H23BrN4O2/c1-4-10(19-5-2)11(16-14)12-9(13)8-15-17(12)6-7-18-3/h8,10-11,16H,4-7,14H2,1-3H3. The predicted molar refractivity (Wildman–Crippen MR) is 77.6 cm³/mol. The largest absolute Gasteiger partial charge is 0.383 e. The number of methoxy groups -OCH3 is 1. The van der Waals surface area contributed by atoms with Gasteiger partial charge in [-0.1, -0.05) is 6.92 Å². The van der Waals surface area contributed by atoms with Crippen molar-refractivity contribution >= 4 is 15.9 Å². The fourth-order valence-corrected chi connectivity index (χ4v) is 2.61. The molecule has 0 aromatic carbocycles. The molecule has 0 bridgehead atoms. The minimum atomic E-state index is -0.112. The Morgan fingerprint density at radius 2 is 2.26 bits per heavy atom.